The van der Waals surface area contributed by atoms with Crippen molar-refractivity contribution in [2.45, 2.75) is 45.1 Å². The van der Waals surface area contributed by atoms with Crippen LogP contribution in [0, 0.1) is 12.8 Å². The molecule has 2 N–H and O–H groups in total. The predicted octanol–water partition coefficient (Wildman–Crippen LogP) is 3.06. The van der Waals surface area contributed by atoms with Crippen molar-refractivity contribution in [2.24, 2.45) is 5.92 Å². The molecule has 0 heterocycles. The highest BCUT2D eigenvalue weighted by Gasteiger charge is 2.30. The summed E-state index contributed by atoms with van der Waals surface area (Å²) >= 11 is 3.46. The normalized spacial score (nSPS) is 21.2. The van der Waals surface area contributed by atoms with E-state index in [4.69, 9.17) is 5.11 Å². The number of carbonyl (C=O) groups is 2. The first-order valence-corrected chi connectivity index (χ1v) is 8.02. The summed E-state index contributed by atoms with van der Waals surface area (Å²) < 4.78 is 1.07. The van der Waals surface area contributed by atoms with Crippen molar-refractivity contribution in [1.82, 2.24) is 5.32 Å². The highest BCUT2D eigenvalue weighted by atomic mass is 79.9. The van der Waals surface area contributed by atoms with Gasteiger partial charge in [-0.2, -0.15) is 0 Å². The van der Waals surface area contributed by atoms with Gasteiger partial charge < -0.3 is 10.4 Å². The number of halogens is 1. The van der Waals surface area contributed by atoms with E-state index in [0.717, 1.165) is 22.0 Å². The minimum atomic E-state index is -0.753. The molecule has 1 saturated carbocycles. The Morgan fingerprint density at radius 2 is 2.14 bits per heavy atom. The summed E-state index contributed by atoms with van der Waals surface area (Å²) in [7, 11) is 0. The second-order valence-corrected chi connectivity index (χ2v) is 6.55. The van der Waals surface area contributed by atoms with Crippen LogP contribution in [0.5, 0.6) is 0 Å². The van der Waals surface area contributed by atoms with E-state index in [9.17, 15) is 9.59 Å². The van der Waals surface area contributed by atoms with E-state index < -0.39 is 5.97 Å². The van der Waals surface area contributed by atoms with Crippen molar-refractivity contribution < 1.29 is 14.7 Å². The average molecular weight is 354 g/mol. The first kappa shape index (κ1) is 16.0. The van der Waals surface area contributed by atoms with Gasteiger partial charge in [0.1, 0.15) is 0 Å². The number of carboxylic acids is 1. The highest BCUT2D eigenvalue weighted by molar-refractivity contribution is 9.10. The van der Waals surface area contributed by atoms with Gasteiger partial charge in [-0.1, -0.05) is 28.1 Å². The average Bonchev–Trinajstić information content (AvgIpc) is 2.89. The Hall–Kier alpha value is -1.36. The SMILES string of the molecule is Cc1cc(CCC(=O)N[C@H]2CC[C@@H](C(=O)O)C2)ccc1Br. The van der Waals surface area contributed by atoms with Crippen molar-refractivity contribution in [2.75, 3.05) is 0 Å². The lowest BCUT2D eigenvalue weighted by Crippen LogP contribution is -2.33. The third-order valence-corrected chi connectivity index (χ3v) is 4.90. The van der Waals surface area contributed by atoms with E-state index in [1.165, 1.54) is 0 Å². The fraction of sp³-hybridized carbons (Fsp3) is 0.500. The summed E-state index contributed by atoms with van der Waals surface area (Å²) in [6.07, 6.45) is 3.12. The van der Waals surface area contributed by atoms with Crippen LogP contribution >= 0.6 is 15.9 Å². The minimum absolute atomic E-state index is 0.00612. The molecule has 2 rings (SSSR count). The zero-order chi connectivity index (χ0) is 15.4. The Balaban J connectivity index is 1.77. The van der Waals surface area contributed by atoms with Gasteiger partial charge >= 0.3 is 5.97 Å². The maximum absolute atomic E-state index is 11.9. The Labute approximate surface area is 133 Å². The molecule has 1 amide bonds. The molecule has 0 bridgehead atoms. The second-order valence-electron chi connectivity index (χ2n) is 5.70. The number of carbonyl (C=O) groups excluding carboxylic acids is 1. The number of amides is 1. The Morgan fingerprint density at radius 3 is 2.76 bits per heavy atom. The van der Waals surface area contributed by atoms with Crippen molar-refractivity contribution in [3.05, 3.63) is 33.8 Å². The molecule has 0 spiro atoms. The number of hydrogen-bond donors (Lipinski definition) is 2. The van der Waals surface area contributed by atoms with Crippen LogP contribution in [0.4, 0.5) is 0 Å². The summed E-state index contributed by atoms with van der Waals surface area (Å²) in [5.74, 6) is -1.05. The molecule has 21 heavy (non-hydrogen) atoms. The van der Waals surface area contributed by atoms with Crippen LogP contribution in [0.25, 0.3) is 0 Å². The van der Waals surface area contributed by atoms with Crippen LogP contribution in [0.3, 0.4) is 0 Å². The van der Waals surface area contributed by atoms with Gasteiger partial charge in [-0.15, -0.1) is 0 Å². The van der Waals surface area contributed by atoms with Crippen molar-refractivity contribution in [3.8, 4) is 0 Å². The van der Waals surface area contributed by atoms with E-state index in [2.05, 4.69) is 27.3 Å². The van der Waals surface area contributed by atoms with Crippen LogP contribution in [0.15, 0.2) is 22.7 Å². The molecule has 0 radical (unpaired) electrons. The van der Waals surface area contributed by atoms with Crippen LogP contribution < -0.4 is 5.32 Å². The smallest absolute Gasteiger partial charge is 0.306 e. The van der Waals surface area contributed by atoms with E-state index >= 15 is 0 Å². The van der Waals surface area contributed by atoms with Gasteiger partial charge in [0.2, 0.25) is 5.91 Å². The van der Waals surface area contributed by atoms with Crippen molar-refractivity contribution in [1.29, 1.82) is 0 Å². The second kappa shape index (κ2) is 7.07. The van der Waals surface area contributed by atoms with Crippen LogP contribution in [0.1, 0.15) is 36.8 Å². The maximum Gasteiger partial charge on any atom is 0.306 e. The number of carboxylic acid groups (broad SMARTS) is 1. The molecule has 4 nitrogen and oxygen atoms in total. The molecule has 1 aromatic carbocycles. The van der Waals surface area contributed by atoms with Gasteiger partial charge in [-0.3, -0.25) is 9.59 Å². The number of aliphatic carboxylic acids is 1. The largest absolute Gasteiger partial charge is 0.481 e. The first-order valence-electron chi connectivity index (χ1n) is 7.23. The monoisotopic (exact) mass is 353 g/mol. The zero-order valence-electron chi connectivity index (χ0n) is 12.1. The Morgan fingerprint density at radius 1 is 1.38 bits per heavy atom. The van der Waals surface area contributed by atoms with E-state index in [1.54, 1.807) is 0 Å². The maximum atomic E-state index is 11.9. The Kier molecular flexibility index (Phi) is 5.39. The summed E-state index contributed by atoms with van der Waals surface area (Å²) in [6, 6.07) is 6.11. The number of benzene rings is 1. The molecular weight excluding hydrogens is 334 g/mol. The van der Waals surface area contributed by atoms with Gasteiger partial charge in [0.05, 0.1) is 5.92 Å². The number of rotatable bonds is 5. The van der Waals surface area contributed by atoms with E-state index in [-0.39, 0.29) is 17.9 Å². The molecule has 2 atom stereocenters. The van der Waals surface area contributed by atoms with Gasteiger partial charge in [0, 0.05) is 16.9 Å². The molecule has 1 aliphatic carbocycles. The molecule has 1 fully saturated rings. The molecular formula is C16H20BrNO3. The molecule has 1 aromatic rings. The quantitative estimate of drug-likeness (QED) is 0.854. The lowest BCUT2D eigenvalue weighted by molar-refractivity contribution is -0.141. The summed E-state index contributed by atoms with van der Waals surface area (Å²) in [5, 5.41) is 11.9. The molecule has 0 aliphatic heterocycles. The van der Waals surface area contributed by atoms with Gasteiger partial charge in [0.15, 0.2) is 0 Å². The molecule has 114 valence electrons. The van der Waals surface area contributed by atoms with E-state index in [0.29, 0.717) is 25.7 Å². The standard InChI is InChI=1S/C16H20BrNO3/c1-10-8-11(2-6-14(10)17)3-7-15(19)18-13-5-4-12(9-13)16(20)21/h2,6,8,12-13H,3-5,7,9H2,1H3,(H,18,19)(H,20,21)/t12-,13+/m1/s1. The number of nitrogens with one attached hydrogen (secondary N) is 1. The first-order chi connectivity index (χ1) is 9.95. The number of hydrogen-bond acceptors (Lipinski definition) is 2. The fourth-order valence-electron chi connectivity index (χ4n) is 2.76. The topological polar surface area (TPSA) is 66.4 Å². The summed E-state index contributed by atoms with van der Waals surface area (Å²) in [4.78, 5) is 22.8. The van der Waals surface area contributed by atoms with Gasteiger partial charge in [-0.25, -0.2) is 0 Å². The lowest BCUT2D eigenvalue weighted by Gasteiger charge is -2.12. The van der Waals surface area contributed by atoms with Crippen LogP contribution in [-0.4, -0.2) is 23.0 Å². The molecule has 0 unspecified atom stereocenters. The third-order valence-electron chi connectivity index (χ3n) is 4.01. The minimum Gasteiger partial charge on any atom is -0.481 e. The molecule has 1 aliphatic rings. The van der Waals surface area contributed by atoms with Crippen LogP contribution in [0.2, 0.25) is 0 Å². The molecule has 0 saturated heterocycles. The predicted molar refractivity (Wildman–Crippen MR) is 84.1 cm³/mol. The van der Waals surface area contributed by atoms with Gasteiger partial charge in [0.25, 0.3) is 0 Å². The van der Waals surface area contributed by atoms with Crippen molar-refractivity contribution in [3.63, 3.8) is 0 Å². The lowest BCUT2D eigenvalue weighted by atomic mass is 10.1. The Bertz CT molecular complexity index is 544. The third kappa shape index (κ3) is 4.56. The summed E-state index contributed by atoms with van der Waals surface area (Å²) in [6.45, 7) is 2.03. The van der Waals surface area contributed by atoms with E-state index in [1.807, 2.05) is 19.1 Å². The van der Waals surface area contributed by atoms with Gasteiger partial charge in [-0.05, 0) is 49.8 Å². The van der Waals surface area contributed by atoms with Crippen molar-refractivity contribution >= 4 is 27.8 Å². The zero-order valence-corrected chi connectivity index (χ0v) is 13.6. The summed E-state index contributed by atoms with van der Waals surface area (Å²) in [5.41, 5.74) is 2.30. The fourth-order valence-corrected chi connectivity index (χ4v) is 3.00. The highest BCUT2D eigenvalue weighted by Crippen LogP contribution is 2.25. The number of aryl methyl sites for hydroxylation is 2. The van der Waals surface area contributed by atoms with Crippen LogP contribution in [-0.2, 0) is 16.0 Å². The molecule has 0 aromatic heterocycles. The molecule has 5 heteroatoms.